The topological polar surface area (TPSA) is 78.9 Å². The van der Waals surface area contributed by atoms with E-state index in [4.69, 9.17) is 10.5 Å². The zero-order valence-corrected chi connectivity index (χ0v) is 11.6. The number of aromatic nitrogens is 4. The van der Waals surface area contributed by atoms with Gasteiger partial charge in [0.25, 0.3) is 0 Å². The highest BCUT2D eigenvalue weighted by Gasteiger charge is 2.05. The summed E-state index contributed by atoms with van der Waals surface area (Å²) in [5.41, 5.74) is 5.48. The summed E-state index contributed by atoms with van der Waals surface area (Å²) in [6, 6.07) is 9.82. The van der Waals surface area contributed by atoms with Gasteiger partial charge in [-0.3, -0.25) is 0 Å². The second kappa shape index (κ2) is 8.27. The summed E-state index contributed by atoms with van der Waals surface area (Å²) < 4.78 is 7.51. The smallest absolute Gasteiger partial charge is 0.151 e. The van der Waals surface area contributed by atoms with Crippen LogP contribution in [0.5, 0.6) is 5.75 Å². The van der Waals surface area contributed by atoms with Gasteiger partial charge in [-0.1, -0.05) is 18.2 Å². The lowest BCUT2D eigenvalue weighted by Crippen LogP contribution is -2.09. The standard InChI is InChI=1S/C14H21N5O/c15-10-4-5-11-19-14(16-17-18-19)9-6-12-20-13-7-2-1-3-8-13/h1-3,7-8H,4-6,9-12,15H2. The van der Waals surface area contributed by atoms with Crippen molar-refractivity contribution in [3.63, 3.8) is 0 Å². The van der Waals surface area contributed by atoms with Gasteiger partial charge in [0.05, 0.1) is 6.61 Å². The number of nitrogens with two attached hydrogens (primary N) is 1. The highest BCUT2D eigenvalue weighted by atomic mass is 16.5. The first-order chi connectivity index (χ1) is 9.90. The molecule has 0 unspecified atom stereocenters. The van der Waals surface area contributed by atoms with Crippen molar-refractivity contribution >= 4 is 0 Å². The van der Waals surface area contributed by atoms with Crippen molar-refractivity contribution in [2.24, 2.45) is 5.73 Å². The Bertz CT molecular complexity index is 485. The lowest BCUT2D eigenvalue weighted by Gasteiger charge is -2.06. The number of tetrazole rings is 1. The van der Waals surface area contributed by atoms with Crippen molar-refractivity contribution < 1.29 is 4.74 Å². The normalized spacial score (nSPS) is 10.7. The molecule has 1 aromatic heterocycles. The van der Waals surface area contributed by atoms with Gasteiger partial charge < -0.3 is 10.5 Å². The molecule has 0 radical (unpaired) electrons. The summed E-state index contributed by atoms with van der Waals surface area (Å²) in [7, 11) is 0. The van der Waals surface area contributed by atoms with Crippen LogP contribution in [0.3, 0.4) is 0 Å². The van der Waals surface area contributed by atoms with Crippen LogP contribution in [0.1, 0.15) is 25.1 Å². The van der Waals surface area contributed by atoms with Gasteiger partial charge in [0.1, 0.15) is 5.75 Å². The molecule has 0 spiro atoms. The van der Waals surface area contributed by atoms with Crippen LogP contribution in [0.15, 0.2) is 30.3 Å². The number of ether oxygens (including phenoxy) is 1. The Kier molecular flexibility index (Phi) is 5.98. The van der Waals surface area contributed by atoms with Crippen molar-refractivity contribution in [1.82, 2.24) is 20.2 Å². The van der Waals surface area contributed by atoms with Crippen LogP contribution in [0.25, 0.3) is 0 Å². The number of aryl methyl sites for hydroxylation is 2. The zero-order valence-electron chi connectivity index (χ0n) is 11.6. The van der Waals surface area contributed by atoms with Gasteiger partial charge in [-0.15, -0.1) is 5.10 Å². The molecule has 0 saturated carbocycles. The maximum absolute atomic E-state index is 5.65. The van der Waals surface area contributed by atoms with E-state index in [2.05, 4.69) is 15.5 Å². The van der Waals surface area contributed by atoms with Crippen molar-refractivity contribution in [1.29, 1.82) is 0 Å². The van der Waals surface area contributed by atoms with Gasteiger partial charge in [0, 0.05) is 13.0 Å². The Morgan fingerprint density at radius 2 is 1.95 bits per heavy atom. The first-order valence-corrected chi connectivity index (χ1v) is 7.03. The summed E-state index contributed by atoms with van der Waals surface area (Å²) in [6.45, 7) is 2.21. The van der Waals surface area contributed by atoms with E-state index in [1.807, 2.05) is 35.0 Å². The molecular formula is C14H21N5O. The Balaban J connectivity index is 1.70. The van der Waals surface area contributed by atoms with E-state index < -0.39 is 0 Å². The molecule has 0 aliphatic rings. The molecule has 0 bridgehead atoms. The molecule has 2 aromatic rings. The highest BCUT2D eigenvalue weighted by Crippen LogP contribution is 2.09. The predicted octanol–water partition coefficient (Wildman–Crippen LogP) is 1.42. The SMILES string of the molecule is NCCCCn1nnnc1CCCOc1ccccc1. The van der Waals surface area contributed by atoms with Gasteiger partial charge >= 0.3 is 0 Å². The number of hydrogen-bond donors (Lipinski definition) is 1. The molecule has 0 saturated heterocycles. The largest absolute Gasteiger partial charge is 0.494 e. The van der Waals surface area contributed by atoms with Gasteiger partial charge in [-0.05, 0) is 48.4 Å². The minimum Gasteiger partial charge on any atom is -0.494 e. The average Bonchev–Trinajstić information content (AvgIpc) is 2.93. The van der Waals surface area contributed by atoms with Gasteiger partial charge in [-0.25, -0.2) is 4.68 Å². The fraction of sp³-hybridized carbons (Fsp3) is 0.500. The van der Waals surface area contributed by atoms with E-state index in [9.17, 15) is 0 Å². The quantitative estimate of drug-likeness (QED) is 0.700. The maximum Gasteiger partial charge on any atom is 0.151 e. The number of benzene rings is 1. The van der Waals surface area contributed by atoms with Crippen molar-refractivity contribution in [2.75, 3.05) is 13.2 Å². The maximum atomic E-state index is 5.65. The molecule has 0 aliphatic heterocycles. The third kappa shape index (κ3) is 4.62. The molecule has 6 nitrogen and oxygen atoms in total. The highest BCUT2D eigenvalue weighted by molar-refractivity contribution is 5.20. The van der Waals surface area contributed by atoms with Crippen LogP contribution in [0.4, 0.5) is 0 Å². The van der Waals surface area contributed by atoms with E-state index in [1.54, 1.807) is 0 Å². The minimum atomic E-state index is 0.666. The van der Waals surface area contributed by atoms with Crippen molar-refractivity contribution in [2.45, 2.75) is 32.2 Å². The lowest BCUT2D eigenvalue weighted by molar-refractivity contribution is 0.308. The van der Waals surface area contributed by atoms with Gasteiger partial charge in [0.15, 0.2) is 5.82 Å². The van der Waals surface area contributed by atoms with E-state index in [1.165, 1.54) is 0 Å². The third-order valence-electron chi connectivity index (χ3n) is 2.99. The Labute approximate surface area is 118 Å². The number of para-hydroxylation sites is 1. The first kappa shape index (κ1) is 14.5. The Morgan fingerprint density at radius 1 is 1.10 bits per heavy atom. The van der Waals surface area contributed by atoms with Crippen molar-refractivity contribution in [3.05, 3.63) is 36.2 Å². The molecule has 108 valence electrons. The molecule has 0 atom stereocenters. The molecule has 0 aliphatic carbocycles. The first-order valence-electron chi connectivity index (χ1n) is 7.03. The second-order valence-electron chi connectivity index (χ2n) is 4.58. The molecule has 1 aromatic carbocycles. The summed E-state index contributed by atoms with van der Waals surface area (Å²) in [5, 5.41) is 11.8. The zero-order chi connectivity index (χ0) is 14.0. The monoisotopic (exact) mass is 275 g/mol. The average molecular weight is 275 g/mol. The number of hydrogen-bond acceptors (Lipinski definition) is 5. The summed E-state index contributed by atoms with van der Waals surface area (Å²) >= 11 is 0. The van der Waals surface area contributed by atoms with E-state index >= 15 is 0 Å². The number of rotatable bonds is 9. The van der Waals surface area contributed by atoms with Crippen LogP contribution in [0, 0.1) is 0 Å². The molecule has 2 rings (SSSR count). The molecule has 1 heterocycles. The predicted molar refractivity (Wildman–Crippen MR) is 76.4 cm³/mol. The number of nitrogens with zero attached hydrogens (tertiary/aromatic N) is 4. The van der Waals surface area contributed by atoms with Crippen LogP contribution < -0.4 is 10.5 Å². The van der Waals surface area contributed by atoms with Gasteiger partial charge in [-0.2, -0.15) is 0 Å². The third-order valence-corrected chi connectivity index (χ3v) is 2.99. The Hall–Kier alpha value is -1.95. The fourth-order valence-corrected chi connectivity index (χ4v) is 1.92. The van der Waals surface area contributed by atoms with Crippen LogP contribution >= 0.6 is 0 Å². The summed E-state index contributed by atoms with van der Waals surface area (Å²) in [6.07, 6.45) is 3.72. The fourth-order valence-electron chi connectivity index (χ4n) is 1.92. The van der Waals surface area contributed by atoms with Crippen LogP contribution in [-0.2, 0) is 13.0 Å². The van der Waals surface area contributed by atoms with Crippen LogP contribution in [-0.4, -0.2) is 33.4 Å². The minimum absolute atomic E-state index is 0.666. The van der Waals surface area contributed by atoms with Crippen LogP contribution in [0.2, 0.25) is 0 Å². The van der Waals surface area contributed by atoms with Crippen molar-refractivity contribution in [3.8, 4) is 5.75 Å². The molecule has 0 amide bonds. The molecule has 6 heteroatoms. The summed E-state index contributed by atoms with van der Waals surface area (Å²) in [4.78, 5) is 0. The van der Waals surface area contributed by atoms with E-state index in [0.29, 0.717) is 13.2 Å². The molecule has 2 N–H and O–H groups in total. The summed E-state index contributed by atoms with van der Waals surface area (Å²) in [5.74, 6) is 1.81. The number of unbranched alkanes of at least 4 members (excludes halogenated alkanes) is 1. The molecule has 0 fully saturated rings. The Morgan fingerprint density at radius 3 is 2.75 bits per heavy atom. The van der Waals surface area contributed by atoms with E-state index in [0.717, 1.165) is 43.8 Å². The lowest BCUT2D eigenvalue weighted by atomic mass is 10.3. The van der Waals surface area contributed by atoms with Gasteiger partial charge in [0.2, 0.25) is 0 Å². The molecular weight excluding hydrogens is 254 g/mol. The second-order valence-corrected chi connectivity index (χ2v) is 4.58. The van der Waals surface area contributed by atoms with E-state index in [-0.39, 0.29) is 0 Å². The molecule has 20 heavy (non-hydrogen) atoms.